The number of likely N-dealkylation sites (tertiary alicyclic amines) is 1. The van der Waals surface area contributed by atoms with E-state index in [-0.39, 0.29) is 17.9 Å². The first kappa shape index (κ1) is 21.1. The molecule has 0 bridgehead atoms. The molecule has 0 saturated carbocycles. The average molecular weight is 425 g/mol. The van der Waals surface area contributed by atoms with Gasteiger partial charge in [-0.2, -0.15) is 0 Å². The third-order valence-corrected chi connectivity index (χ3v) is 7.62. The monoisotopic (exact) mass is 424 g/mol. The Hall–Kier alpha value is -2.14. The number of fused-ring (bicyclic) bond motifs is 1. The van der Waals surface area contributed by atoms with Gasteiger partial charge in [0.15, 0.2) is 0 Å². The van der Waals surface area contributed by atoms with E-state index in [2.05, 4.69) is 17.9 Å². The molecule has 2 amide bonds. The highest BCUT2D eigenvalue weighted by molar-refractivity contribution is 7.14. The van der Waals surface area contributed by atoms with Crippen LogP contribution in [0.3, 0.4) is 0 Å². The Bertz CT molecular complexity index is 845. The van der Waals surface area contributed by atoms with Crippen LogP contribution in [0, 0.1) is 0 Å². The van der Waals surface area contributed by atoms with Crippen molar-refractivity contribution in [3.05, 3.63) is 57.3 Å². The second-order valence-electron chi connectivity index (χ2n) is 8.51. The molecule has 0 unspecified atom stereocenters. The van der Waals surface area contributed by atoms with Crippen LogP contribution in [0.15, 0.2) is 36.4 Å². The molecule has 2 aromatic rings. The molecule has 1 aliphatic carbocycles. The van der Waals surface area contributed by atoms with Crippen LogP contribution < -0.4 is 0 Å². The first-order chi connectivity index (χ1) is 14.7. The summed E-state index contributed by atoms with van der Waals surface area (Å²) in [6.07, 6.45) is 8.70. The lowest BCUT2D eigenvalue weighted by atomic mass is 10.0. The molecule has 4 rings (SSSR count). The maximum Gasteiger partial charge on any atom is 0.264 e. The fraction of sp³-hybridized carbons (Fsp3) is 0.520. The molecule has 1 saturated heterocycles. The minimum absolute atomic E-state index is 0.101. The summed E-state index contributed by atoms with van der Waals surface area (Å²) in [5.41, 5.74) is 2.15. The number of carbonyl (C=O) groups excluding carboxylic acids is 2. The van der Waals surface area contributed by atoms with Crippen LogP contribution in [0.1, 0.15) is 75.9 Å². The Morgan fingerprint density at radius 3 is 2.53 bits per heavy atom. The summed E-state index contributed by atoms with van der Waals surface area (Å²) >= 11 is 1.72. The number of piperidine rings is 1. The third-order valence-electron chi connectivity index (χ3n) is 6.40. The highest BCUT2D eigenvalue weighted by Gasteiger charge is 2.31. The largest absolute Gasteiger partial charge is 0.338 e. The summed E-state index contributed by atoms with van der Waals surface area (Å²) in [5.74, 6) is 0.298. The maximum atomic E-state index is 13.4. The van der Waals surface area contributed by atoms with Crippen molar-refractivity contribution in [2.24, 2.45) is 0 Å². The van der Waals surface area contributed by atoms with Gasteiger partial charge in [0, 0.05) is 36.1 Å². The third kappa shape index (κ3) is 4.61. The first-order valence-corrected chi connectivity index (χ1v) is 12.3. The fourth-order valence-electron chi connectivity index (χ4n) is 4.75. The van der Waals surface area contributed by atoms with Crippen molar-refractivity contribution in [2.45, 2.75) is 64.3 Å². The molecule has 1 fully saturated rings. The number of amides is 2. The lowest BCUT2D eigenvalue weighted by Crippen LogP contribution is -2.49. The zero-order valence-corrected chi connectivity index (χ0v) is 18.8. The second kappa shape index (κ2) is 9.78. The van der Waals surface area contributed by atoms with Gasteiger partial charge in [-0.15, -0.1) is 11.3 Å². The van der Waals surface area contributed by atoms with Crippen molar-refractivity contribution in [2.75, 3.05) is 19.6 Å². The summed E-state index contributed by atoms with van der Waals surface area (Å²) in [6, 6.07) is 11.9. The summed E-state index contributed by atoms with van der Waals surface area (Å²) in [4.78, 5) is 32.5. The molecule has 0 spiro atoms. The number of aryl methyl sites for hydroxylation is 2. The highest BCUT2D eigenvalue weighted by Crippen LogP contribution is 2.31. The molecule has 0 radical (unpaired) electrons. The van der Waals surface area contributed by atoms with E-state index in [4.69, 9.17) is 0 Å². The molecule has 0 atom stereocenters. The molecule has 5 heteroatoms. The molecule has 1 aromatic heterocycles. The molecule has 2 aliphatic rings. The van der Waals surface area contributed by atoms with Crippen molar-refractivity contribution in [3.8, 4) is 0 Å². The molecule has 4 nitrogen and oxygen atoms in total. The molecule has 160 valence electrons. The number of carbonyl (C=O) groups is 2. The van der Waals surface area contributed by atoms with Gasteiger partial charge in [0.2, 0.25) is 0 Å². The Morgan fingerprint density at radius 2 is 1.80 bits per heavy atom. The number of nitrogens with zero attached hydrogens (tertiary/aromatic N) is 2. The van der Waals surface area contributed by atoms with Gasteiger partial charge in [-0.3, -0.25) is 9.59 Å². The van der Waals surface area contributed by atoms with E-state index in [0.29, 0.717) is 13.1 Å². The molecule has 30 heavy (non-hydrogen) atoms. The Kier molecular flexibility index (Phi) is 6.88. The van der Waals surface area contributed by atoms with Gasteiger partial charge in [0.1, 0.15) is 0 Å². The maximum absolute atomic E-state index is 13.4. The number of hydrogen-bond donors (Lipinski definition) is 0. The van der Waals surface area contributed by atoms with Crippen molar-refractivity contribution in [1.82, 2.24) is 9.80 Å². The quantitative estimate of drug-likeness (QED) is 0.621. The van der Waals surface area contributed by atoms with E-state index in [9.17, 15) is 9.59 Å². The van der Waals surface area contributed by atoms with Crippen LogP contribution in [-0.2, 0) is 12.8 Å². The van der Waals surface area contributed by atoms with Crippen molar-refractivity contribution in [1.29, 1.82) is 0 Å². The van der Waals surface area contributed by atoms with Crippen LogP contribution in [0.4, 0.5) is 0 Å². The Labute approximate surface area is 183 Å². The Balaban J connectivity index is 1.42. The normalized spacial score (nSPS) is 17.3. The summed E-state index contributed by atoms with van der Waals surface area (Å²) < 4.78 is 0. The minimum Gasteiger partial charge on any atom is -0.338 e. The molecular formula is C25H32N2O2S. The van der Waals surface area contributed by atoms with E-state index in [0.717, 1.165) is 49.1 Å². The Morgan fingerprint density at radius 1 is 1.07 bits per heavy atom. The van der Waals surface area contributed by atoms with Crippen molar-refractivity contribution in [3.63, 3.8) is 0 Å². The van der Waals surface area contributed by atoms with Gasteiger partial charge in [-0.1, -0.05) is 31.5 Å². The van der Waals surface area contributed by atoms with Gasteiger partial charge in [-0.05, 0) is 68.7 Å². The fourth-order valence-corrected chi connectivity index (χ4v) is 5.96. The van der Waals surface area contributed by atoms with Crippen molar-refractivity contribution < 1.29 is 9.59 Å². The minimum atomic E-state index is 0.101. The number of rotatable bonds is 5. The first-order valence-electron chi connectivity index (χ1n) is 11.4. The van der Waals surface area contributed by atoms with Crippen LogP contribution in [0.25, 0.3) is 0 Å². The molecule has 1 aliphatic heterocycles. The van der Waals surface area contributed by atoms with E-state index < -0.39 is 0 Å². The van der Waals surface area contributed by atoms with Crippen LogP contribution in [-0.4, -0.2) is 47.3 Å². The standard InChI is InChI=1S/C25H32N2O2S/c1-2-15-27(25(29)23-18-20-11-7-4-8-12-22(20)30-23)21-13-16-26(17-14-21)24(28)19-9-5-3-6-10-19/h3,5-6,9-10,18,21H,2,4,7-8,11-17H2,1H3. The van der Waals surface area contributed by atoms with Crippen LogP contribution in [0.2, 0.25) is 0 Å². The summed E-state index contributed by atoms with van der Waals surface area (Å²) in [5, 5.41) is 0. The molecule has 0 N–H and O–H groups in total. The van der Waals surface area contributed by atoms with Gasteiger partial charge >= 0.3 is 0 Å². The second-order valence-corrected chi connectivity index (χ2v) is 9.64. The summed E-state index contributed by atoms with van der Waals surface area (Å²) in [7, 11) is 0. The van der Waals surface area contributed by atoms with Gasteiger partial charge < -0.3 is 9.80 Å². The zero-order valence-electron chi connectivity index (χ0n) is 17.9. The van der Waals surface area contributed by atoms with Gasteiger partial charge in [-0.25, -0.2) is 0 Å². The molecule has 2 heterocycles. The van der Waals surface area contributed by atoms with Crippen LogP contribution in [0.5, 0.6) is 0 Å². The lowest BCUT2D eigenvalue weighted by molar-refractivity contribution is 0.0522. The van der Waals surface area contributed by atoms with Gasteiger partial charge in [0.25, 0.3) is 11.8 Å². The number of hydrogen-bond acceptors (Lipinski definition) is 3. The van der Waals surface area contributed by atoms with Crippen LogP contribution >= 0.6 is 11.3 Å². The summed E-state index contributed by atoms with van der Waals surface area (Å²) in [6.45, 7) is 4.36. The lowest BCUT2D eigenvalue weighted by Gasteiger charge is -2.38. The van der Waals surface area contributed by atoms with E-state index in [1.807, 2.05) is 35.2 Å². The topological polar surface area (TPSA) is 40.6 Å². The SMILES string of the molecule is CCCN(C(=O)c1cc2c(s1)CCCCC2)C1CCN(C(=O)c2ccccc2)CC1. The number of thiophene rings is 1. The smallest absolute Gasteiger partial charge is 0.264 e. The predicted molar refractivity (Wildman–Crippen MR) is 122 cm³/mol. The average Bonchev–Trinajstić information content (AvgIpc) is 3.07. The van der Waals surface area contributed by atoms with E-state index in [1.54, 1.807) is 11.3 Å². The van der Waals surface area contributed by atoms with Crippen molar-refractivity contribution >= 4 is 23.2 Å². The highest BCUT2D eigenvalue weighted by atomic mass is 32.1. The molecule has 1 aromatic carbocycles. The van der Waals surface area contributed by atoms with E-state index in [1.165, 1.54) is 29.7 Å². The zero-order chi connectivity index (χ0) is 20.9. The van der Waals surface area contributed by atoms with E-state index >= 15 is 0 Å². The van der Waals surface area contributed by atoms with Gasteiger partial charge in [0.05, 0.1) is 4.88 Å². The predicted octanol–water partition coefficient (Wildman–Crippen LogP) is 5.17. The number of benzene rings is 1. The molecular weight excluding hydrogens is 392 g/mol.